The van der Waals surface area contributed by atoms with Gasteiger partial charge in [-0.3, -0.25) is 4.90 Å². The van der Waals surface area contributed by atoms with Gasteiger partial charge in [-0.05, 0) is 73.3 Å². The predicted molar refractivity (Wildman–Crippen MR) is 165 cm³/mol. The van der Waals surface area contributed by atoms with E-state index in [-0.39, 0.29) is 18.1 Å². The molecule has 42 heavy (non-hydrogen) atoms. The predicted octanol–water partition coefficient (Wildman–Crippen LogP) is 6.78. The van der Waals surface area contributed by atoms with E-state index in [0.717, 1.165) is 37.0 Å². The lowest BCUT2D eigenvalue weighted by Gasteiger charge is -2.29. The summed E-state index contributed by atoms with van der Waals surface area (Å²) in [4.78, 5) is 31.8. The lowest BCUT2D eigenvalue weighted by atomic mass is 10.1. The number of rotatable bonds is 12. The van der Waals surface area contributed by atoms with Crippen LogP contribution in [-0.2, 0) is 14.2 Å². The van der Waals surface area contributed by atoms with Gasteiger partial charge in [0.25, 0.3) is 0 Å². The van der Waals surface area contributed by atoms with E-state index in [1.807, 2.05) is 66.8 Å². The topological polar surface area (TPSA) is 119 Å². The molecule has 0 aliphatic carbocycles. The Morgan fingerprint density at radius 2 is 1.74 bits per heavy atom. The van der Waals surface area contributed by atoms with Gasteiger partial charge in [-0.15, -0.1) is 0 Å². The minimum Gasteiger partial charge on any atom is -0.493 e. The van der Waals surface area contributed by atoms with E-state index >= 15 is 0 Å². The van der Waals surface area contributed by atoms with Crippen molar-refractivity contribution >= 4 is 29.5 Å². The number of ether oxygens (including phenoxy) is 3. The molecule has 11 nitrogen and oxygen atoms in total. The molecule has 0 saturated heterocycles. The van der Waals surface area contributed by atoms with Crippen molar-refractivity contribution in [3.8, 4) is 0 Å². The Bertz CT molecular complexity index is 1240. The molecule has 3 heterocycles. The highest BCUT2D eigenvalue weighted by molar-refractivity contribution is 5.88. The van der Waals surface area contributed by atoms with Crippen LogP contribution in [0.25, 0.3) is 5.65 Å². The molecule has 0 radical (unpaired) electrons. The van der Waals surface area contributed by atoms with Crippen molar-refractivity contribution in [3.63, 3.8) is 0 Å². The Morgan fingerprint density at radius 1 is 1.07 bits per heavy atom. The number of allylic oxidation sites excluding steroid dienone is 1. The zero-order chi connectivity index (χ0) is 31.1. The van der Waals surface area contributed by atoms with Crippen LogP contribution in [-0.4, -0.2) is 63.7 Å². The molecule has 2 N–H and O–H groups in total. The summed E-state index contributed by atoms with van der Waals surface area (Å²) in [6, 6.07) is 1.86. The van der Waals surface area contributed by atoms with E-state index in [0.29, 0.717) is 43.3 Å². The number of nitrogens with zero attached hydrogens (tertiary/aromatic N) is 4. The Kier molecular flexibility index (Phi) is 11.1. The van der Waals surface area contributed by atoms with E-state index in [1.165, 1.54) is 0 Å². The van der Waals surface area contributed by atoms with E-state index in [2.05, 4.69) is 29.6 Å². The lowest BCUT2D eigenvalue weighted by Crippen LogP contribution is -2.42. The van der Waals surface area contributed by atoms with E-state index < -0.39 is 17.3 Å². The number of aromatic nitrogens is 3. The molecule has 1 aliphatic heterocycles. The highest BCUT2D eigenvalue weighted by atomic mass is 16.6. The zero-order valence-electron chi connectivity index (χ0n) is 26.9. The molecule has 234 valence electrons. The standard InChI is InChI=1S/C31H50N6O5/c1-21(2)24-19-34-37-26(36(29(39)42-31(7,8)9)20-23-15-14-22(3)40-23)18-25(35-27(24)37)32-16-12-10-11-13-17-33-28(38)41-30(4,5)6/h14,18-19,21,23H,10-13,15-17,20H2,1-9H3,(H,32,35)(H,33,38). The number of anilines is 2. The van der Waals surface area contributed by atoms with Crippen LogP contribution in [0.1, 0.15) is 106 Å². The molecule has 0 spiro atoms. The summed E-state index contributed by atoms with van der Waals surface area (Å²) in [7, 11) is 0. The molecule has 1 unspecified atom stereocenters. The minimum atomic E-state index is -0.664. The smallest absolute Gasteiger partial charge is 0.416 e. The largest absolute Gasteiger partial charge is 0.493 e. The van der Waals surface area contributed by atoms with Crippen molar-refractivity contribution in [2.75, 3.05) is 29.9 Å². The summed E-state index contributed by atoms with van der Waals surface area (Å²) >= 11 is 0. The number of unbranched alkanes of at least 4 members (excludes halogenated alkanes) is 3. The van der Waals surface area contributed by atoms with Gasteiger partial charge in [0.2, 0.25) is 0 Å². The van der Waals surface area contributed by atoms with Gasteiger partial charge >= 0.3 is 12.2 Å². The average molecular weight is 587 g/mol. The second-order valence-corrected chi connectivity index (χ2v) is 13.1. The van der Waals surface area contributed by atoms with E-state index in [4.69, 9.17) is 19.2 Å². The summed E-state index contributed by atoms with van der Waals surface area (Å²) in [6.07, 6.45) is 7.33. The summed E-state index contributed by atoms with van der Waals surface area (Å²) in [6.45, 7) is 18.9. The molecular weight excluding hydrogens is 536 g/mol. The molecule has 2 aromatic heterocycles. The summed E-state index contributed by atoms with van der Waals surface area (Å²) < 4.78 is 18.8. The van der Waals surface area contributed by atoms with Crippen molar-refractivity contribution in [1.82, 2.24) is 19.9 Å². The highest BCUT2D eigenvalue weighted by Gasteiger charge is 2.31. The third-order valence-corrected chi connectivity index (χ3v) is 6.48. The molecule has 1 aliphatic rings. The maximum Gasteiger partial charge on any atom is 0.416 e. The van der Waals surface area contributed by atoms with Crippen molar-refractivity contribution in [1.29, 1.82) is 0 Å². The zero-order valence-corrected chi connectivity index (χ0v) is 26.9. The first-order valence-corrected chi connectivity index (χ1v) is 15.1. The van der Waals surface area contributed by atoms with Crippen LogP contribution >= 0.6 is 0 Å². The van der Waals surface area contributed by atoms with Crippen LogP contribution in [0.5, 0.6) is 0 Å². The number of carbonyl (C=O) groups is 2. The van der Waals surface area contributed by atoms with Crippen LogP contribution in [0.3, 0.4) is 0 Å². The summed E-state index contributed by atoms with van der Waals surface area (Å²) in [5, 5.41) is 10.9. The first kappa shape index (κ1) is 33.0. The number of hydrogen-bond acceptors (Lipinski definition) is 8. The summed E-state index contributed by atoms with van der Waals surface area (Å²) in [5.41, 5.74) is 0.539. The number of hydrogen-bond donors (Lipinski definition) is 2. The van der Waals surface area contributed by atoms with Crippen LogP contribution in [0.15, 0.2) is 24.1 Å². The maximum atomic E-state index is 13.5. The van der Waals surface area contributed by atoms with Crippen LogP contribution in [0, 0.1) is 0 Å². The molecule has 0 aromatic carbocycles. The van der Waals surface area contributed by atoms with Gasteiger partial charge in [-0.25, -0.2) is 14.6 Å². The fourth-order valence-corrected chi connectivity index (χ4v) is 4.53. The van der Waals surface area contributed by atoms with Crippen molar-refractivity contribution < 1.29 is 23.8 Å². The molecular formula is C31H50N6O5. The Balaban J connectivity index is 1.70. The van der Waals surface area contributed by atoms with Gasteiger partial charge in [0, 0.05) is 31.1 Å². The SMILES string of the molecule is CC1=CCC(CN(C(=O)OC(C)(C)C)c2cc(NCCCCCCNC(=O)OC(C)(C)C)nc3c(C(C)C)cnn23)O1. The average Bonchev–Trinajstić information content (AvgIpc) is 3.47. The summed E-state index contributed by atoms with van der Waals surface area (Å²) in [5.74, 6) is 2.30. The Hall–Kier alpha value is -3.50. The maximum absolute atomic E-state index is 13.5. The number of carbonyl (C=O) groups excluding carboxylic acids is 2. The van der Waals surface area contributed by atoms with Crippen molar-refractivity contribution in [2.45, 2.75) is 118 Å². The second-order valence-electron chi connectivity index (χ2n) is 13.1. The van der Waals surface area contributed by atoms with Crippen LogP contribution in [0.2, 0.25) is 0 Å². The number of fused-ring (bicyclic) bond motifs is 1. The van der Waals surface area contributed by atoms with Gasteiger partial charge in [-0.1, -0.05) is 26.7 Å². The molecule has 2 aromatic rings. The number of amides is 2. The van der Waals surface area contributed by atoms with Gasteiger partial charge in [0.1, 0.15) is 28.9 Å². The molecule has 3 rings (SSSR count). The number of nitrogens with one attached hydrogen (secondary N) is 2. The van der Waals surface area contributed by atoms with Crippen molar-refractivity contribution in [2.24, 2.45) is 0 Å². The first-order chi connectivity index (χ1) is 19.6. The second kappa shape index (κ2) is 14.1. The quantitative estimate of drug-likeness (QED) is 0.261. The molecule has 11 heteroatoms. The molecule has 2 amide bonds. The fraction of sp³-hybridized carbons (Fsp3) is 0.677. The van der Waals surface area contributed by atoms with Crippen LogP contribution in [0.4, 0.5) is 21.2 Å². The third-order valence-electron chi connectivity index (χ3n) is 6.48. The Labute approximate surface area is 250 Å². The number of alkyl carbamates (subject to hydrolysis) is 1. The van der Waals surface area contributed by atoms with Gasteiger partial charge in [-0.2, -0.15) is 9.61 Å². The molecule has 1 atom stereocenters. The van der Waals surface area contributed by atoms with E-state index in [9.17, 15) is 9.59 Å². The molecule has 0 saturated carbocycles. The minimum absolute atomic E-state index is 0.179. The first-order valence-electron chi connectivity index (χ1n) is 15.1. The van der Waals surface area contributed by atoms with E-state index in [1.54, 1.807) is 9.42 Å². The van der Waals surface area contributed by atoms with Gasteiger partial charge < -0.3 is 24.8 Å². The van der Waals surface area contributed by atoms with Gasteiger partial charge in [0.15, 0.2) is 5.65 Å². The highest BCUT2D eigenvalue weighted by Crippen LogP contribution is 2.29. The monoisotopic (exact) mass is 586 g/mol. The molecule has 0 fully saturated rings. The fourth-order valence-electron chi connectivity index (χ4n) is 4.53. The lowest BCUT2D eigenvalue weighted by molar-refractivity contribution is 0.0523. The Morgan fingerprint density at radius 3 is 2.33 bits per heavy atom. The third kappa shape index (κ3) is 10.1. The van der Waals surface area contributed by atoms with Gasteiger partial charge in [0.05, 0.1) is 18.5 Å². The molecule has 0 bridgehead atoms. The van der Waals surface area contributed by atoms with Crippen molar-refractivity contribution in [3.05, 3.63) is 29.7 Å². The normalized spacial score (nSPS) is 15.4. The van der Waals surface area contributed by atoms with Crippen LogP contribution < -0.4 is 15.5 Å².